The van der Waals surface area contributed by atoms with Crippen LogP contribution < -0.4 is 10.5 Å². The number of aromatic nitrogens is 3. The molecule has 0 fully saturated rings. The van der Waals surface area contributed by atoms with Gasteiger partial charge in [0.2, 0.25) is 5.95 Å². The highest BCUT2D eigenvalue weighted by molar-refractivity contribution is 9.10. The third-order valence-electron chi connectivity index (χ3n) is 2.38. The highest BCUT2D eigenvalue weighted by Crippen LogP contribution is 2.35. The van der Waals surface area contributed by atoms with Gasteiger partial charge in [0.25, 0.3) is 10.0 Å². The van der Waals surface area contributed by atoms with Crippen molar-refractivity contribution in [1.29, 1.82) is 0 Å². The van der Waals surface area contributed by atoms with Crippen LogP contribution in [0.1, 0.15) is 0 Å². The SMILES string of the molecule is Cn1ncnc1NS(=O)(=O)c1cc(Cl)c(Br)c(N)c1F. The maximum atomic E-state index is 14.0. The summed E-state index contributed by atoms with van der Waals surface area (Å²) >= 11 is 8.76. The minimum absolute atomic E-state index is 0.0257. The van der Waals surface area contributed by atoms with E-state index in [1.165, 1.54) is 11.7 Å². The van der Waals surface area contributed by atoms with Crippen molar-refractivity contribution >= 4 is 49.2 Å². The monoisotopic (exact) mass is 383 g/mol. The highest BCUT2D eigenvalue weighted by Gasteiger charge is 2.25. The number of nitrogens with one attached hydrogen (secondary N) is 1. The molecule has 0 spiro atoms. The van der Waals surface area contributed by atoms with Crippen molar-refractivity contribution < 1.29 is 12.8 Å². The lowest BCUT2D eigenvalue weighted by Gasteiger charge is -2.11. The van der Waals surface area contributed by atoms with Gasteiger partial charge < -0.3 is 5.73 Å². The second-order valence-corrected chi connectivity index (χ2v) is 6.56. The van der Waals surface area contributed by atoms with Crippen LogP contribution in [-0.4, -0.2) is 23.2 Å². The number of nitrogen functional groups attached to an aromatic ring is 1. The summed E-state index contributed by atoms with van der Waals surface area (Å²) in [5, 5.41) is 3.67. The van der Waals surface area contributed by atoms with Crippen molar-refractivity contribution in [3.05, 3.63) is 27.7 Å². The molecule has 108 valence electrons. The van der Waals surface area contributed by atoms with Gasteiger partial charge in [0.15, 0.2) is 5.82 Å². The van der Waals surface area contributed by atoms with Gasteiger partial charge in [-0.25, -0.2) is 22.2 Å². The Bertz CT molecular complexity index is 779. The summed E-state index contributed by atoms with van der Waals surface area (Å²) in [4.78, 5) is 3.01. The fraction of sp³-hybridized carbons (Fsp3) is 0.111. The average Bonchev–Trinajstić information content (AvgIpc) is 2.76. The molecule has 3 N–H and O–H groups in total. The third-order valence-corrected chi connectivity index (χ3v) is 5.09. The molecule has 0 amide bonds. The smallest absolute Gasteiger partial charge is 0.267 e. The van der Waals surface area contributed by atoms with Crippen molar-refractivity contribution in [1.82, 2.24) is 14.8 Å². The van der Waals surface area contributed by atoms with Crippen LogP contribution in [0.5, 0.6) is 0 Å². The summed E-state index contributed by atoms with van der Waals surface area (Å²) < 4.78 is 41.6. The highest BCUT2D eigenvalue weighted by atomic mass is 79.9. The molecule has 2 aromatic rings. The number of halogens is 3. The first-order chi connectivity index (χ1) is 9.24. The van der Waals surface area contributed by atoms with Crippen LogP contribution in [0.4, 0.5) is 16.0 Å². The zero-order chi connectivity index (χ0) is 15.1. The molecule has 0 radical (unpaired) electrons. The van der Waals surface area contributed by atoms with E-state index in [0.29, 0.717) is 0 Å². The second kappa shape index (κ2) is 5.19. The van der Waals surface area contributed by atoms with Crippen molar-refractivity contribution in [2.45, 2.75) is 4.90 Å². The van der Waals surface area contributed by atoms with Gasteiger partial charge in [-0.2, -0.15) is 10.1 Å². The standard InChI is InChI=1S/C9H8BrClFN5O2S/c1-17-9(14-3-15-17)16-20(18,19)5-2-4(11)6(10)8(13)7(5)12/h2-3H,13H2,1H3,(H,14,15,16). The molecule has 1 aromatic carbocycles. The third kappa shape index (κ3) is 2.58. The Morgan fingerprint density at radius 1 is 1.55 bits per heavy atom. The van der Waals surface area contributed by atoms with E-state index in [4.69, 9.17) is 17.3 Å². The van der Waals surface area contributed by atoms with Crippen LogP contribution in [0, 0.1) is 5.82 Å². The number of benzene rings is 1. The number of nitrogens with zero attached hydrogens (tertiary/aromatic N) is 3. The number of hydrogen-bond donors (Lipinski definition) is 2. The zero-order valence-electron chi connectivity index (χ0n) is 9.93. The number of hydrogen-bond acceptors (Lipinski definition) is 5. The first-order valence-corrected chi connectivity index (χ1v) is 7.69. The van der Waals surface area contributed by atoms with Crippen LogP contribution in [0.15, 0.2) is 21.8 Å². The number of sulfonamides is 1. The van der Waals surface area contributed by atoms with Crippen molar-refractivity contribution in [2.75, 3.05) is 10.5 Å². The quantitative estimate of drug-likeness (QED) is 0.620. The van der Waals surface area contributed by atoms with Crippen LogP contribution in [0.25, 0.3) is 0 Å². The van der Waals surface area contributed by atoms with E-state index in [-0.39, 0.29) is 15.4 Å². The van der Waals surface area contributed by atoms with Crippen molar-refractivity contribution in [3.8, 4) is 0 Å². The first kappa shape index (κ1) is 15.0. The molecule has 1 aromatic heterocycles. The van der Waals surface area contributed by atoms with Crippen LogP contribution in [0.2, 0.25) is 5.02 Å². The molecule has 0 saturated carbocycles. The van der Waals surface area contributed by atoms with Gasteiger partial charge in [-0.15, -0.1) is 0 Å². The zero-order valence-corrected chi connectivity index (χ0v) is 13.1. The second-order valence-electron chi connectivity index (χ2n) is 3.71. The Morgan fingerprint density at radius 2 is 2.20 bits per heavy atom. The van der Waals surface area contributed by atoms with Gasteiger partial charge in [-0.1, -0.05) is 11.6 Å². The van der Waals surface area contributed by atoms with Gasteiger partial charge in [-0.05, 0) is 22.0 Å². The van der Waals surface area contributed by atoms with Crippen LogP contribution in [0.3, 0.4) is 0 Å². The molecule has 0 aliphatic rings. The molecule has 11 heteroatoms. The van der Waals surface area contributed by atoms with E-state index in [9.17, 15) is 12.8 Å². The van der Waals surface area contributed by atoms with Gasteiger partial charge in [0, 0.05) is 7.05 Å². The lowest BCUT2D eigenvalue weighted by Crippen LogP contribution is -2.18. The van der Waals surface area contributed by atoms with E-state index in [1.54, 1.807) is 0 Å². The molecular formula is C9H8BrClFN5O2S. The molecule has 0 aliphatic carbocycles. The molecule has 20 heavy (non-hydrogen) atoms. The Morgan fingerprint density at radius 3 is 2.75 bits per heavy atom. The molecule has 0 saturated heterocycles. The molecule has 2 rings (SSSR count). The average molecular weight is 385 g/mol. The van der Waals surface area contributed by atoms with Crippen molar-refractivity contribution in [3.63, 3.8) is 0 Å². The molecule has 1 heterocycles. The summed E-state index contributed by atoms with van der Waals surface area (Å²) in [5.41, 5.74) is 5.06. The van der Waals surface area contributed by atoms with Crippen LogP contribution >= 0.6 is 27.5 Å². The van der Waals surface area contributed by atoms with E-state index in [1.807, 2.05) is 0 Å². The molecule has 0 atom stereocenters. The first-order valence-electron chi connectivity index (χ1n) is 5.04. The topological polar surface area (TPSA) is 103 Å². The van der Waals surface area contributed by atoms with Gasteiger partial charge in [0.05, 0.1) is 15.2 Å². The summed E-state index contributed by atoms with van der Waals surface area (Å²) in [6, 6.07) is 0.954. The normalized spacial score (nSPS) is 11.6. The molecular weight excluding hydrogens is 377 g/mol. The Hall–Kier alpha value is -1.39. The molecule has 0 unspecified atom stereocenters. The van der Waals surface area contributed by atoms with Gasteiger partial charge in [-0.3, -0.25) is 0 Å². The van der Waals surface area contributed by atoms with Crippen molar-refractivity contribution in [2.24, 2.45) is 7.05 Å². The van der Waals surface area contributed by atoms with Crippen LogP contribution in [-0.2, 0) is 17.1 Å². The fourth-order valence-electron chi connectivity index (χ4n) is 1.36. The minimum Gasteiger partial charge on any atom is -0.395 e. The molecule has 0 aliphatic heterocycles. The molecule has 7 nitrogen and oxygen atoms in total. The molecule has 0 bridgehead atoms. The van der Waals surface area contributed by atoms with Gasteiger partial charge in [0.1, 0.15) is 11.2 Å². The maximum Gasteiger partial charge on any atom is 0.267 e. The predicted octanol–water partition coefficient (Wildman–Crippen LogP) is 1.75. The Kier molecular flexibility index (Phi) is 3.89. The maximum absolute atomic E-state index is 14.0. The summed E-state index contributed by atoms with van der Waals surface area (Å²) in [7, 11) is -2.76. The Balaban J connectivity index is 2.53. The van der Waals surface area contributed by atoms with Gasteiger partial charge >= 0.3 is 0 Å². The summed E-state index contributed by atoms with van der Waals surface area (Å²) in [5.74, 6) is -1.17. The number of anilines is 2. The minimum atomic E-state index is -4.23. The summed E-state index contributed by atoms with van der Waals surface area (Å²) in [6.45, 7) is 0. The summed E-state index contributed by atoms with van der Waals surface area (Å²) in [6.07, 6.45) is 1.15. The van der Waals surface area contributed by atoms with E-state index < -0.39 is 26.4 Å². The van der Waals surface area contributed by atoms with E-state index in [0.717, 1.165) is 12.4 Å². The lowest BCUT2D eigenvalue weighted by atomic mass is 10.3. The largest absolute Gasteiger partial charge is 0.395 e. The van der Waals surface area contributed by atoms with E-state index >= 15 is 0 Å². The number of rotatable bonds is 3. The fourth-order valence-corrected chi connectivity index (χ4v) is 3.08. The predicted molar refractivity (Wildman–Crippen MR) is 75.3 cm³/mol. The number of nitrogens with two attached hydrogens (primary N) is 1. The lowest BCUT2D eigenvalue weighted by molar-refractivity contribution is 0.571. The Labute approximate surface area is 127 Å². The van der Waals surface area contributed by atoms with E-state index in [2.05, 4.69) is 30.7 Å². The number of aryl methyl sites for hydroxylation is 1.